The second-order valence-corrected chi connectivity index (χ2v) is 12.4. The van der Waals surface area contributed by atoms with Crippen LogP contribution in [0.5, 0.6) is 5.75 Å². The van der Waals surface area contributed by atoms with Gasteiger partial charge in [-0.05, 0) is 68.3 Å². The van der Waals surface area contributed by atoms with E-state index in [0.29, 0.717) is 6.04 Å². The third-order valence-corrected chi connectivity index (χ3v) is 9.78. The van der Waals surface area contributed by atoms with Crippen LogP contribution in [-0.4, -0.2) is 116 Å². The van der Waals surface area contributed by atoms with Gasteiger partial charge < -0.3 is 29.3 Å². The average Bonchev–Trinajstić information content (AvgIpc) is 3.26. The van der Waals surface area contributed by atoms with Crippen molar-refractivity contribution in [2.45, 2.75) is 44.8 Å². The molecule has 4 heterocycles. The van der Waals surface area contributed by atoms with Gasteiger partial charge in [0.15, 0.2) is 0 Å². The number of hydrogen-bond acceptors (Lipinski definition) is 9. The Balaban J connectivity index is 1.31. The van der Waals surface area contributed by atoms with Crippen LogP contribution >= 0.6 is 11.8 Å². The summed E-state index contributed by atoms with van der Waals surface area (Å²) < 4.78 is 11.4. The topological polar surface area (TPSA) is 64.5 Å². The summed E-state index contributed by atoms with van der Waals surface area (Å²) in [7, 11) is 1.75. The van der Waals surface area contributed by atoms with E-state index in [1.807, 2.05) is 12.3 Å². The van der Waals surface area contributed by atoms with E-state index in [1.165, 1.54) is 5.57 Å². The minimum atomic E-state index is -0.136. The Hall–Kier alpha value is -2.30. The summed E-state index contributed by atoms with van der Waals surface area (Å²) >= 11 is 1.76. The van der Waals surface area contributed by atoms with E-state index < -0.39 is 0 Å². The summed E-state index contributed by atoms with van der Waals surface area (Å²) in [5, 5.41) is 14.6. The molecule has 3 aliphatic rings. The average molecular weight is 582 g/mol. The molecule has 0 saturated carbocycles. The first kappa shape index (κ1) is 30.2. The first-order valence-electron chi connectivity index (χ1n) is 15.2. The number of nitrogens with zero attached hydrogens (tertiary/aromatic N) is 5. The van der Waals surface area contributed by atoms with Crippen molar-refractivity contribution in [2.24, 2.45) is 0 Å². The normalized spacial score (nSPS) is 21.2. The van der Waals surface area contributed by atoms with E-state index in [1.54, 1.807) is 18.9 Å². The zero-order valence-electron chi connectivity index (χ0n) is 24.8. The maximum atomic E-state index is 9.99. The summed E-state index contributed by atoms with van der Waals surface area (Å²) in [6.45, 7) is 17.0. The maximum absolute atomic E-state index is 9.99. The van der Waals surface area contributed by atoms with E-state index in [0.717, 1.165) is 125 Å². The first-order chi connectivity index (χ1) is 20.0. The standard InChI is InChI=1S/C32H47N5O3S/c1-25(24-41-26(2)35-20-22-40-23-21-35)29(11-17-34-15-9-28(38)10-16-34)36-13-5-14-37(19-18-36)32-30(39-3)8-7-27-6-4-12-33-31(27)32/h4,6-8,12,24,28-29,38H,2,5,9-11,13-23H2,1,3H3/b25-24+. The lowest BCUT2D eigenvalue weighted by Gasteiger charge is -2.35. The highest BCUT2D eigenvalue weighted by Gasteiger charge is 2.27. The van der Waals surface area contributed by atoms with E-state index in [-0.39, 0.29) is 6.10 Å². The van der Waals surface area contributed by atoms with Crippen molar-refractivity contribution < 1.29 is 14.6 Å². The smallest absolute Gasteiger partial charge is 0.144 e. The fraction of sp³-hybridized carbons (Fsp3) is 0.594. The van der Waals surface area contributed by atoms with Gasteiger partial charge in [-0.3, -0.25) is 9.88 Å². The molecule has 3 saturated heterocycles. The molecule has 2 aromatic rings. The summed E-state index contributed by atoms with van der Waals surface area (Å²) in [5.74, 6) is 0.891. The molecule has 3 fully saturated rings. The molecular formula is C32H47N5O3S. The highest BCUT2D eigenvalue weighted by molar-refractivity contribution is 8.05. The molecule has 8 nitrogen and oxygen atoms in total. The quantitative estimate of drug-likeness (QED) is 0.440. The van der Waals surface area contributed by atoms with Gasteiger partial charge in [0.05, 0.1) is 37.0 Å². The van der Waals surface area contributed by atoms with Crippen LogP contribution in [-0.2, 0) is 4.74 Å². The van der Waals surface area contributed by atoms with Crippen molar-refractivity contribution in [3.63, 3.8) is 0 Å². The number of rotatable bonds is 10. The Labute approximate surface area is 250 Å². The van der Waals surface area contributed by atoms with E-state index >= 15 is 0 Å². The number of aliphatic hydroxyl groups excluding tert-OH is 1. The molecule has 1 atom stereocenters. The Morgan fingerprint density at radius 2 is 1.93 bits per heavy atom. The van der Waals surface area contributed by atoms with E-state index in [9.17, 15) is 5.11 Å². The molecule has 0 bridgehead atoms. The fourth-order valence-corrected chi connectivity index (χ4v) is 7.14. The third-order valence-electron chi connectivity index (χ3n) is 8.76. The minimum Gasteiger partial charge on any atom is -0.494 e. The summed E-state index contributed by atoms with van der Waals surface area (Å²) in [4.78, 5) is 14.8. The van der Waals surface area contributed by atoms with Gasteiger partial charge >= 0.3 is 0 Å². The van der Waals surface area contributed by atoms with Gasteiger partial charge in [0.1, 0.15) is 11.4 Å². The third kappa shape index (κ3) is 7.76. The first-order valence-corrected chi connectivity index (χ1v) is 16.1. The van der Waals surface area contributed by atoms with Gasteiger partial charge in [-0.25, -0.2) is 0 Å². The SMILES string of the molecule is C=C(S/C=C(\C)C(CCN1CCC(O)CC1)N1CCCN(c2c(OC)ccc3cccnc23)CC1)N1CCOCC1. The Kier molecular flexibility index (Phi) is 10.8. The summed E-state index contributed by atoms with van der Waals surface area (Å²) in [6, 6.07) is 8.66. The molecule has 1 unspecified atom stereocenters. The van der Waals surface area contributed by atoms with Crippen LogP contribution in [0.3, 0.4) is 0 Å². The molecule has 3 aliphatic heterocycles. The Morgan fingerprint density at radius 3 is 2.71 bits per heavy atom. The van der Waals surface area contributed by atoms with Crippen LogP contribution in [0.1, 0.15) is 32.6 Å². The molecule has 224 valence electrons. The Bertz CT molecular complexity index is 1180. The van der Waals surface area contributed by atoms with Crippen LogP contribution in [0.25, 0.3) is 10.9 Å². The van der Waals surface area contributed by atoms with Gasteiger partial charge in [0.2, 0.25) is 0 Å². The number of piperidine rings is 1. The number of aromatic nitrogens is 1. The number of methoxy groups -OCH3 is 1. The van der Waals surface area contributed by atoms with E-state index in [2.05, 4.69) is 56.7 Å². The lowest BCUT2D eigenvalue weighted by Crippen LogP contribution is -2.43. The zero-order valence-corrected chi connectivity index (χ0v) is 25.7. The van der Waals surface area contributed by atoms with Crippen LogP contribution in [0, 0.1) is 0 Å². The molecular weight excluding hydrogens is 534 g/mol. The van der Waals surface area contributed by atoms with E-state index in [4.69, 9.17) is 14.5 Å². The van der Waals surface area contributed by atoms with Gasteiger partial charge in [-0.15, -0.1) is 0 Å². The number of thioether (sulfide) groups is 1. The largest absolute Gasteiger partial charge is 0.494 e. The number of pyridine rings is 1. The number of ether oxygens (including phenoxy) is 2. The number of anilines is 1. The van der Waals surface area contributed by atoms with Crippen LogP contribution < -0.4 is 9.64 Å². The van der Waals surface area contributed by atoms with Gasteiger partial charge in [0.25, 0.3) is 0 Å². The molecule has 0 spiro atoms. The van der Waals surface area contributed by atoms with Crippen molar-refractivity contribution in [3.05, 3.63) is 53.1 Å². The van der Waals surface area contributed by atoms with Crippen molar-refractivity contribution in [1.82, 2.24) is 19.7 Å². The number of fused-ring (bicyclic) bond motifs is 1. The lowest BCUT2D eigenvalue weighted by atomic mass is 10.0. The molecule has 9 heteroatoms. The van der Waals surface area contributed by atoms with Crippen molar-refractivity contribution in [1.29, 1.82) is 0 Å². The monoisotopic (exact) mass is 581 g/mol. The lowest BCUT2D eigenvalue weighted by molar-refractivity contribution is 0.0579. The second kappa shape index (κ2) is 14.7. The van der Waals surface area contributed by atoms with Crippen molar-refractivity contribution in [3.8, 4) is 5.75 Å². The molecule has 41 heavy (non-hydrogen) atoms. The highest BCUT2D eigenvalue weighted by Crippen LogP contribution is 2.36. The van der Waals surface area contributed by atoms with Gasteiger partial charge in [-0.2, -0.15) is 0 Å². The minimum absolute atomic E-state index is 0.136. The predicted molar refractivity (Wildman–Crippen MR) is 170 cm³/mol. The summed E-state index contributed by atoms with van der Waals surface area (Å²) in [6.07, 6.45) is 5.68. The number of likely N-dealkylation sites (tertiary alicyclic amines) is 1. The number of hydrogen-bond donors (Lipinski definition) is 1. The van der Waals surface area contributed by atoms with Crippen LogP contribution in [0.4, 0.5) is 5.69 Å². The fourth-order valence-electron chi connectivity index (χ4n) is 6.33. The van der Waals surface area contributed by atoms with Crippen molar-refractivity contribution in [2.75, 3.05) is 84.1 Å². The van der Waals surface area contributed by atoms with Crippen molar-refractivity contribution >= 4 is 28.4 Å². The van der Waals surface area contributed by atoms with Gasteiger partial charge in [-0.1, -0.05) is 24.4 Å². The highest BCUT2D eigenvalue weighted by atomic mass is 32.2. The molecule has 0 radical (unpaired) electrons. The molecule has 1 aromatic carbocycles. The van der Waals surface area contributed by atoms with Gasteiger partial charge in [0, 0.05) is 70.0 Å². The number of morpholine rings is 1. The van der Waals surface area contributed by atoms with Crippen LogP contribution in [0.2, 0.25) is 0 Å². The zero-order chi connectivity index (χ0) is 28.6. The second-order valence-electron chi connectivity index (χ2n) is 11.4. The molecule has 1 N–H and O–H groups in total. The Morgan fingerprint density at radius 1 is 1.12 bits per heavy atom. The molecule has 0 aliphatic carbocycles. The summed E-state index contributed by atoms with van der Waals surface area (Å²) in [5.41, 5.74) is 3.53. The maximum Gasteiger partial charge on any atom is 0.144 e. The predicted octanol–water partition coefficient (Wildman–Crippen LogP) is 4.41. The molecule has 1 aromatic heterocycles. The van der Waals surface area contributed by atoms with Crippen LogP contribution in [0.15, 0.2) is 53.1 Å². The number of aliphatic hydroxyl groups is 1. The number of benzene rings is 1. The molecule has 5 rings (SSSR count). The molecule has 0 amide bonds.